The lowest BCUT2D eigenvalue weighted by molar-refractivity contribution is -0.117. The third-order valence-corrected chi connectivity index (χ3v) is 4.63. The quantitative estimate of drug-likeness (QED) is 0.560. The number of rotatable bonds is 3. The number of nitrogens with zero attached hydrogens (tertiary/aromatic N) is 2. The maximum Gasteiger partial charge on any atom is 0.302 e. The Kier molecular flexibility index (Phi) is 4.26. The Balaban J connectivity index is 2.23. The highest BCUT2D eigenvalue weighted by Crippen LogP contribution is 2.32. The van der Waals surface area contributed by atoms with Crippen molar-refractivity contribution in [1.82, 2.24) is 4.98 Å². The van der Waals surface area contributed by atoms with E-state index in [-0.39, 0.29) is 18.9 Å². The molecule has 9 heteroatoms. The topological polar surface area (TPSA) is 67.3 Å². The van der Waals surface area contributed by atoms with Crippen LogP contribution >= 0.6 is 31.9 Å². The molecule has 1 unspecified atom stereocenters. The van der Waals surface area contributed by atoms with Gasteiger partial charge in [0.15, 0.2) is 0 Å². The van der Waals surface area contributed by atoms with Gasteiger partial charge in [-0.15, -0.1) is 3.89 Å². The molecular weight excluding hydrogens is 407 g/mol. The van der Waals surface area contributed by atoms with E-state index in [9.17, 15) is 17.1 Å². The zero-order valence-corrected chi connectivity index (χ0v) is 13.5. The molecule has 0 aliphatic carbocycles. The fraction of sp³-hybridized carbons (Fsp3) is 0.400. The molecule has 1 fully saturated rings. The monoisotopic (exact) mass is 414 g/mol. The summed E-state index contributed by atoms with van der Waals surface area (Å²) in [7, 11) is -4.57. The SMILES string of the molecule is O=C1CC(CS(=O)(=O)F)CN1c1cc(Br)cnc1Br. The molecule has 1 aromatic rings. The minimum absolute atomic E-state index is 0.0160. The van der Waals surface area contributed by atoms with Crippen molar-refractivity contribution >= 4 is 53.7 Å². The molecule has 0 saturated carbocycles. The lowest BCUT2D eigenvalue weighted by atomic mass is 10.1. The molecule has 1 amide bonds. The summed E-state index contributed by atoms with van der Waals surface area (Å²) in [4.78, 5) is 17.3. The molecule has 1 aliphatic rings. The highest BCUT2D eigenvalue weighted by molar-refractivity contribution is 9.11. The first-order chi connectivity index (χ1) is 8.76. The van der Waals surface area contributed by atoms with Crippen molar-refractivity contribution in [2.75, 3.05) is 17.2 Å². The van der Waals surface area contributed by atoms with Crippen LogP contribution in [0.1, 0.15) is 6.42 Å². The van der Waals surface area contributed by atoms with Gasteiger partial charge >= 0.3 is 10.2 Å². The van der Waals surface area contributed by atoms with Crippen molar-refractivity contribution in [2.45, 2.75) is 6.42 Å². The van der Waals surface area contributed by atoms with Crippen molar-refractivity contribution in [3.63, 3.8) is 0 Å². The van der Waals surface area contributed by atoms with Crippen molar-refractivity contribution in [3.8, 4) is 0 Å². The lowest BCUT2D eigenvalue weighted by Crippen LogP contribution is -2.26. The summed E-state index contributed by atoms with van der Waals surface area (Å²) in [6, 6.07) is 1.70. The number of amides is 1. The highest BCUT2D eigenvalue weighted by atomic mass is 79.9. The molecular formula is C10H9Br2FN2O3S. The van der Waals surface area contributed by atoms with E-state index < -0.39 is 21.9 Å². The first-order valence-electron chi connectivity index (χ1n) is 5.30. The number of hydrogen-bond acceptors (Lipinski definition) is 4. The van der Waals surface area contributed by atoms with Gasteiger partial charge in [-0.25, -0.2) is 4.98 Å². The Morgan fingerprint density at radius 3 is 2.79 bits per heavy atom. The predicted octanol–water partition coefficient (Wildman–Crippen LogP) is 2.26. The fourth-order valence-electron chi connectivity index (χ4n) is 2.01. The zero-order chi connectivity index (χ0) is 14.2. The second-order valence-corrected chi connectivity index (χ2v) is 7.32. The third kappa shape index (κ3) is 3.73. The molecule has 0 radical (unpaired) electrons. The molecule has 104 valence electrons. The van der Waals surface area contributed by atoms with Gasteiger partial charge in [-0.3, -0.25) is 4.79 Å². The van der Waals surface area contributed by atoms with E-state index in [0.29, 0.717) is 14.8 Å². The van der Waals surface area contributed by atoms with Crippen LogP contribution in [-0.2, 0) is 15.0 Å². The van der Waals surface area contributed by atoms with Crippen LogP contribution in [0, 0.1) is 5.92 Å². The predicted molar refractivity (Wildman–Crippen MR) is 75.0 cm³/mol. The Bertz CT molecular complexity index is 623. The molecule has 0 bridgehead atoms. The minimum Gasteiger partial charge on any atom is -0.309 e. The molecule has 1 aliphatic heterocycles. The number of halogens is 3. The molecule has 0 N–H and O–H groups in total. The van der Waals surface area contributed by atoms with Crippen LogP contribution in [0.4, 0.5) is 9.57 Å². The van der Waals surface area contributed by atoms with Gasteiger partial charge in [0.05, 0.1) is 11.4 Å². The van der Waals surface area contributed by atoms with Gasteiger partial charge in [0.1, 0.15) is 4.60 Å². The van der Waals surface area contributed by atoms with Crippen LogP contribution in [0.3, 0.4) is 0 Å². The second-order valence-electron chi connectivity index (χ2n) is 4.24. The standard InChI is InChI=1S/C10H9Br2FN2O3S/c11-7-2-8(10(12)14-3-7)15-4-6(1-9(15)16)5-19(13,17)18/h2-3,6H,1,4-5H2. The van der Waals surface area contributed by atoms with E-state index in [1.165, 1.54) is 4.90 Å². The maximum absolute atomic E-state index is 12.7. The van der Waals surface area contributed by atoms with Crippen molar-refractivity contribution in [2.24, 2.45) is 5.92 Å². The van der Waals surface area contributed by atoms with E-state index in [1.54, 1.807) is 12.3 Å². The Morgan fingerprint density at radius 2 is 2.16 bits per heavy atom. The molecule has 0 aromatic carbocycles. The number of aromatic nitrogens is 1. The molecule has 2 rings (SSSR count). The van der Waals surface area contributed by atoms with E-state index in [2.05, 4.69) is 36.8 Å². The fourth-order valence-corrected chi connectivity index (χ4v) is 3.55. The van der Waals surface area contributed by atoms with Crippen LogP contribution in [0.25, 0.3) is 0 Å². The molecule has 19 heavy (non-hydrogen) atoms. The van der Waals surface area contributed by atoms with Gasteiger partial charge in [-0.1, -0.05) is 0 Å². The number of carbonyl (C=O) groups is 1. The number of pyridine rings is 1. The summed E-state index contributed by atoms with van der Waals surface area (Å²) >= 11 is 6.48. The summed E-state index contributed by atoms with van der Waals surface area (Å²) < 4.78 is 35.1. The summed E-state index contributed by atoms with van der Waals surface area (Å²) in [5, 5.41) is 0. The first-order valence-corrected chi connectivity index (χ1v) is 8.44. The average molecular weight is 416 g/mol. The van der Waals surface area contributed by atoms with Crippen LogP contribution in [0.5, 0.6) is 0 Å². The summed E-state index contributed by atoms with van der Waals surface area (Å²) in [6.45, 7) is 0.165. The van der Waals surface area contributed by atoms with Gasteiger partial charge in [0.2, 0.25) is 5.91 Å². The Morgan fingerprint density at radius 1 is 1.47 bits per heavy atom. The Hall–Kier alpha value is -0.540. The van der Waals surface area contributed by atoms with Gasteiger partial charge in [0.25, 0.3) is 0 Å². The number of anilines is 1. The maximum atomic E-state index is 12.7. The molecule has 0 spiro atoms. The van der Waals surface area contributed by atoms with Crippen molar-refractivity contribution in [1.29, 1.82) is 0 Å². The normalized spacial score (nSPS) is 20.1. The summed E-state index contributed by atoms with van der Waals surface area (Å²) in [6.07, 6.45) is 1.58. The van der Waals surface area contributed by atoms with Crippen LogP contribution in [0.15, 0.2) is 21.3 Å². The largest absolute Gasteiger partial charge is 0.309 e. The van der Waals surface area contributed by atoms with Crippen LogP contribution in [-0.4, -0.2) is 31.6 Å². The summed E-state index contributed by atoms with van der Waals surface area (Å²) in [5.41, 5.74) is 0.540. The molecule has 2 heterocycles. The number of carbonyl (C=O) groups excluding carboxylic acids is 1. The van der Waals surface area contributed by atoms with Gasteiger partial charge in [-0.2, -0.15) is 8.42 Å². The van der Waals surface area contributed by atoms with E-state index in [0.717, 1.165) is 0 Å². The molecule has 1 aromatic heterocycles. The van der Waals surface area contributed by atoms with E-state index in [1.807, 2.05) is 0 Å². The Labute approximate surface area is 126 Å². The summed E-state index contributed by atoms with van der Waals surface area (Å²) in [5.74, 6) is -1.41. The molecule has 1 atom stereocenters. The lowest BCUT2D eigenvalue weighted by Gasteiger charge is -2.17. The molecule has 5 nitrogen and oxygen atoms in total. The minimum atomic E-state index is -4.57. The first kappa shape index (κ1) is 14.9. The zero-order valence-electron chi connectivity index (χ0n) is 9.51. The average Bonchev–Trinajstić information content (AvgIpc) is 2.60. The van der Waals surface area contributed by atoms with Gasteiger partial charge in [-0.05, 0) is 37.9 Å². The molecule has 1 saturated heterocycles. The second kappa shape index (κ2) is 5.45. The number of hydrogen-bond donors (Lipinski definition) is 0. The van der Waals surface area contributed by atoms with E-state index in [4.69, 9.17) is 0 Å². The van der Waals surface area contributed by atoms with Gasteiger partial charge < -0.3 is 4.90 Å². The van der Waals surface area contributed by atoms with Crippen LogP contribution in [0.2, 0.25) is 0 Å². The van der Waals surface area contributed by atoms with Crippen LogP contribution < -0.4 is 4.90 Å². The van der Waals surface area contributed by atoms with Crippen molar-refractivity contribution < 1.29 is 17.1 Å². The smallest absolute Gasteiger partial charge is 0.302 e. The van der Waals surface area contributed by atoms with Crippen molar-refractivity contribution in [3.05, 3.63) is 21.3 Å². The van der Waals surface area contributed by atoms with Gasteiger partial charge in [0, 0.05) is 29.6 Å². The highest BCUT2D eigenvalue weighted by Gasteiger charge is 2.34. The van der Waals surface area contributed by atoms with E-state index >= 15 is 0 Å². The third-order valence-electron chi connectivity index (χ3n) is 2.72.